The lowest BCUT2D eigenvalue weighted by Crippen LogP contribution is -2.33. The van der Waals surface area contributed by atoms with E-state index in [2.05, 4.69) is 4.74 Å². The Morgan fingerprint density at radius 2 is 2.00 bits per heavy atom. The number of amides is 1. The summed E-state index contributed by atoms with van der Waals surface area (Å²) in [7, 11) is 2.84. The number of methoxy groups -OCH3 is 1. The average molecular weight is 256 g/mol. The summed E-state index contributed by atoms with van der Waals surface area (Å²) in [6.07, 6.45) is 0.174. The number of hydrogen-bond acceptors (Lipinski definition) is 3. The predicted octanol–water partition coefficient (Wildman–Crippen LogP) is 1.51. The van der Waals surface area contributed by atoms with E-state index in [1.807, 2.05) is 6.07 Å². The molecule has 0 fully saturated rings. The van der Waals surface area contributed by atoms with E-state index < -0.39 is 5.97 Å². The maximum absolute atomic E-state index is 11.8. The molecular formula is C12H14ClNO3. The second kappa shape index (κ2) is 6.25. The number of carbonyl (C=O) groups is 2. The smallest absolute Gasteiger partial charge is 0.325 e. The van der Waals surface area contributed by atoms with E-state index >= 15 is 0 Å². The van der Waals surface area contributed by atoms with Gasteiger partial charge in [0, 0.05) is 12.1 Å². The quantitative estimate of drug-likeness (QED) is 0.767. The number of carbonyl (C=O) groups excluding carboxylic acids is 2. The molecule has 0 aliphatic carbocycles. The monoisotopic (exact) mass is 255 g/mol. The van der Waals surface area contributed by atoms with Crippen molar-refractivity contribution in [2.24, 2.45) is 0 Å². The van der Waals surface area contributed by atoms with Crippen LogP contribution in [0.1, 0.15) is 5.56 Å². The Labute approximate surface area is 105 Å². The van der Waals surface area contributed by atoms with E-state index in [9.17, 15) is 9.59 Å². The molecule has 0 aliphatic heterocycles. The highest BCUT2D eigenvalue weighted by atomic mass is 35.5. The van der Waals surface area contributed by atoms with Crippen LogP contribution in [-0.4, -0.2) is 37.5 Å². The molecule has 0 bridgehead atoms. The summed E-state index contributed by atoms with van der Waals surface area (Å²) in [5.74, 6) is -0.622. The van der Waals surface area contributed by atoms with E-state index in [1.54, 1.807) is 25.2 Å². The van der Waals surface area contributed by atoms with Gasteiger partial charge < -0.3 is 9.64 Å². The Bertz CT molecular complexity index is 420. The minimum absolute atomic E-state index is 0.0558. The summed E-state index contributed by atoms with van der Waals surface area (Å²) in [5.41, 5.74) is 0.746. The Kier molecular flexibility index (Phi) is 4.97. The first-order chi connectivity index (χ1) is 8.04. The van der Waals surface area contributed by atoms with E-state index in [0.29, 0.717) is 5.02 Å². The van der Waals surface area contributed by atoms with Gasteiger partial charge in [0.25, 0.3) is 0 Å². The first-order valence-corrected chi connectivity index (χ1v) is 5.46. The van der Waals surface area contributed by atoms with Gasteiger partial charge in [0.2, 0.25) is 5.91 Å². The van der Waals surface area contributed by atoms with Gasteiger partial charge in [-0.05, 0) is 11.6 Å². The summed E-state index contributed by atoms with van der Waals surface area (Å²) in [5, 5.41) is 0.548. The highest BCUT2D eigenvalue weighted by Crippen LogP contribution is 2.15. The number of halogens is 1. The van der Waals surface area contributed by atoms with Gasteiger partial charge in [-0.1, -0.05) is 29.8 Å². The van der Waals surface area contributed by atoms with Crippen LogP contribution in [0.2, 0.25) is 5.02 Å². The van der Waals surface area contributed by atoms with Crippen molar-refractivity contribution >= 4 is 23.5 Å². The van der Waals surface area contributed by atoms with Gasteiger partial charge in [-0.25, -0.2) is 0 Å². The number of nitrogens with zero attached hydrogens (tertiary/aromatic N) is 1. The van der Waals surface area contributed by atoms with Crippen molar-refractivity contribution in [3.63, 3.8) is 0 Å². The highest BCUT2D eigenvalue weighted by molar-refractivity contribution is 6.31. The third-order valence-corrected chi connectivity index (χ3v) is 2.69. The average Bonchev–Trinajstić information content (AvgIpc) is 2.31. The molecule has 0 aromatic heterocycles. The van der Waals surface area contributed by atoms with Crippen molar-refractivity contribution in [1.82, 2.24) is 4.90 Å². The van der Waals surface area contributed by atoms with Crippen molar-refractivity contribution in [1.29, 1.82) is 0 Å². The minimum atomic E-state index is -0.444. The minimum Gasteiger partial charge on any atom is -0.468 e. The van der Waals surface area contributed by atoms with Gasteiger partial charge in [-0.2, -0.15) is 0 Å². The molecule has 0 saturated carbocycles. The van der Waals surface area contributed by atoms with Gasteiger partial charge in [-0.3, -0.25) is 9.59 Å². The zero-order valence-corrected chi connectivity index (χ0v) is 10.5. The maximum Gasteiger partial charge on any atom is 0.325 e. The second-order valence-corrected chi connectivity index (χ2v) is 4.00. The molecule has 0 saturated heterocycles. The van der Waals surface area contributed by atoms with Gasteiger partial charge >= 0.3 is 5.97 Å². The molecule has 0 heterocycles. The zero-order chi connectivity index (χ0) is 12.8. The Morgan fingerprint density at radius 1 is 1.35 bits per heavy atom. The fourth-order valence-electron chi connectivity index (χ4n) is 1.29. The Balaban J connectivity index is 2.60. The molecular weight excluding hydrogens is 242 g/mol. The van der Waals surface area contributed by atoms with Crippen molar-refractivity contribution in [3.05, 3.63) is 34.9 Å². The van der Waals surface area contributed by atoms with Crippen LogP contribution in [0, 0.1) is 0 Å². The van der Waals surface area contributed by atoms with Gasteiger partial charge in [0.15, 0.2) is 0 Å². The molecule has 5 heteroatoms. The summed E-state index contributed by atoms with van der Waals surface area (Å²) in [4.78, 5) is 24.1. The lowest BCUT2D eigenvalue weighted by molar-refractivity contribution is -0.145. The normalized spacial score (nSPS) is 9.82. The van der Waals surface area contributed by atoms with Crippen LogP contribution in [0.5, 0.6) is 0 Å². The SMILES string of the molecule is COC(=O)CN(C)C(=O)Cc1ccccc1Cl. The largest absolute Gasteiger partial charge is 0.468 e. The van der Waals surface area contributed by atoms with E-state index in [-0.39, 0.29) is 18.9 Å². The molecule has 0 atom stereocenters. The second-order valence-electron chi connectivity index (χ2n) is 3.59. The van der Waals surface area contributed by atoms with Crippen molar-refractivity contribution in [2.45, 2.75) is 6.42 Å². The fourth-order valence-corrected chi connectivity index (χ4v) is 1.49. The van der Waals surface area contributed by atoms with E-state index in [0.717, 1.165) is 5.56 Å². The zero-order valence-electron chi connectivity index (χ0n) is 9.77. The molecule has 4 nitrogen and oxygen atoms in total. The summed E-state index contributed by atoms with van der Waals surface area (Å²) in [6.45, 7) is -0.0558. The van der Waals surface area contributed by atoms with Gasteiger partial charge in [0.05, 0.1) is 13.5 Å². The molecule has 92 valence electrons. The standard InChI is InChI=1S/C12H14ClNO3/c1-14(8-12(16)17-2)11(15)7-9-5-3-4-6-10(9)13/h3-6H,7-8H2,1-2H3. The highest BCUT2D eigenvalue weighted by Gasteiger charge is 2.14. The Morgan fingerprint density at radius 3 is 2.59 bits per heavy atom. The molecule has 1 amide bonds. The van der Waals surface area contributed by atoms with Crippen LogP contribution in [0.25, 0.3) is 0 Å². The van der Waals surface area contributed by atoms with Crippen LogP contribution in [0.4, 0.5) is 0 Å². The molecule has 0 N–H and O–H groups in total. The number of ether oxygens (including phenoxy) is 1. The number of likely N-dealkylation sites (N-methyl/N-ethyl adjacent to an activating group) is 1. The molecule has 0 spiro atoms. The third-order valence-electron chi connectivity index (χ3n) is 2.32. The van der Waals surface area contributed by atoms with Crippen molar-refractivity contribution in [2.75, 3.05) is 20.7 Å². The maximum atomic E-state index is 11.8. The third kappa shape index (κ3) is 4.07. The van der Waals surface area contributed by atoms with Gasteiger partial charge in [0.1, 0.15) is 6.54 Å². The van der Waals surface area contributed by atoms with Gasteiger partial charge in [-0.15, -0.1) is 0 Å². The molecule has 17 heavy (non-hydrogen) atoms. The molecule has 1 aromatic rings. The molecule has 1 aromatic carbocycles. The van der Waals surface area contributed by atoms with Crippen LogP contribution >= 0.6 is 11.6 Å². The summed E-state index contributed by atoms with van der Waals surface area (Å²) in [6, 6.07) is 7.12. The number of hydrogen-bond donors (Lipinski definition) is 0. The lowest BCUT2D eigenvalue weighted by Gasteiger charge is -2.15. The topological polar surface area (TPSA) is 46.6 Å². The first-order valence-electron chi connectivity index (χ1n) is 5.08. The van der Waals surface area contributed by atoms with Crippen LogP contribution in [-0.2, 0) is 20.7 Å². The number of rotatable bonds is 4. The van der Waals surface area contributed by atoms with Crippen molar-refractivity contribution < 1.29 is 14.3 Å². The number of esters is 1. The summed E-state index contributed by atoms with van der Waals surface area (Å²) < 4.78 is 4.49. The molecule has 0 unspecified atom stereocenters. The predicted molar refractivity (Wildman–Crippen MR) is 64.8 cm³/mol. The van der Waals surface area contributed by atoms with Crippen LogP contribution < -0.4 is 0 Å². The van der Waals surface area contributed by atoms with E-state index in [1.165, 1.54) is 12.0 Å². The Hall–Kier alpha value is -1.55. The summed E-state index contributed by atoms with van der Waals surface area (Å²) >= 11 is 5.94. The fraction of sp³-hybridized carbons (Fsp3) is 0.333. The van der Waals surface area contributed by atoms with Crippen molar-refractivity contribution in [3.8, 4) is 0 Å². The van der Waals surface area contributed by atoms with E-state index in [4.69, 9.17) is 11.6 Å². The van der Waals surface area contributed by atoms with Crippen LogP contribution in [0.15, 0.2) is 24.3 Å². The molecule has 1 rings (SSSR count). The lowest BCUT2D eigenvalue weighted by atomic mass is 10.1. The number of benzene rings is 1. The first kappa shape index (κ1) is 13.5. The molecule has 0 radical (unpaired) electrons. The molecule has 0 aliphatic rings. The van der Waals surface area contributed by atoms with Crippen LogP contribution in [0.3, 0.4) is 0 Å².